The quantitative estimate of drug-likeness (QED) is 0.758. The van der Waals surface area contributed by atoms with E-state index < -0.39 is 5.41 Å². The fraction of sp³-hybridized carbons (Fsp3) is 0.214. The molecule has 1 amide bonds. The average Bonchev–Trinajstić information content (AvgIpc) is 2.33. The molecule has 0 saturated heterocycles. The molecule has 1 unspecified atom stereocenters. The molecule has 1 aliphatic rings. The van der Waals surface area contributed by atoms with Crippen LogP contribution >= 0.6 is 0 Å². The van der Waals surface area contributed by atoms with Crippen LogP contribution in [0.15, 0.2) is 42.5 Å². The van der Waals surface area contributed by atoms with Crippen LogP contribution in [-0.4, -0.2) is 5.91 Å². The van der Waals surface area contributed by atoms with Gasteiger partial charge in [0.15, 0.2) is 0 Å². The molecular formula is C14H16N2O. The molecule has 1 aliphatic carbocycles. The first kappa shape index (κ1) is 11.5. The molecule has 3 nitrogen and oxygen atoms in total. The molecule has 17 heavy (non-hydrogen) atoms. The van der Waals surface area contributed by atoms with Crippen LogP contribution < -0.4 is 11.5 Å². The number of benzene rings is 1. The van der Waals surface area contributed by atoms with E-state index in [0.717, 1.165) is 11.1 Å². The summed E-state index contributed by atoms with van der Waals surface area (Å²) in [6.07, 6.45) is 8.14. The SMILES string of the molecule is Cc1ccc(C2(C(N)=O)C=CC=CC2)cc1N. The van der Waals surface area contributed by atoms with Gasteiger partial charge >= 0.3 is 0 Å². The highest BCUT2D eigenvalue weighted by molar-refractivity contribution is 5.90. The number of primary amides is 1. The lowest BCUT2D eigenvalue weighted by atomic mass is 9.74. The van der Waals surface area contributed by atoms with Gasteiger partial charge in [-0.3, -0.25) is 4.79 Å². The van der Waals surface area contributed by atoms with Gasteiger partial charge in [0.25, 0.3) is 0 Å². The minimum Gasteiger partial charge on any atom is -0.399 e. The number of hydrogen-bond acceptors (Lipinski definition) is 2. The van der Waals surface area contributed by atoms with E-state index in [1.165, 1.54) is 0 Å². The van der Waals surface area contributed by atoms with Crippen molar-refractivity contribution < 1.29 is 4.79 Å². The Labute approximate surface area is 101 Å². The average molecular weight is 228 g/mol. The van der Waals surface area contributed by atoms with E-state index in [2.05, 4.69) is 0 Å². The standard InChI is InChI=1S/C14H16N2O/c1-10-5-6-11(9-12(10)15)14(13(16)17)7-3-2-4-8-14/h2-7,9H,8,15H2,1H3,(H2,16,17). The monoisotopic (exact) mass is 228 g/mol. The summed E-state index contributed by atoms with van der Waals surface area (Å²) >= 11 is 0. The van der Waals surface area contributed by atoms with Crippen molar-refractivity contribution >= 4 is 11.6 Å². The van der Waals surface area contributed by atoms with Crippen molar-refractivity contribution in [2.75, 3.05) is 5.73 Å². The number of carbonyl (C=O) groups excluding carboxylic acids is 1. The van der Waals surface area contributed by atoms with Crippen molar-refractivity contribution in [1.29, 1.82) is 0 Å². The number of rotatable bonds is 2. The van der Waals surface area contributed by atoms with E-state index in [-0.39, 0.29) is 5.91 Å². The van der Waals surface area contributed by atoms with Crippen molar-refractivity contribution in [3.05, 3.63) is 53.6 Å². The Morgan fingerprint density at radius 3 is 2.65 bits per heavy atom. The summed E-state index contributed by atoms with van der Waals surface area (Å²) < 4.78 is 0. The van der Waals surface area contributed by atoms with Crippen molar-refractivity contribution in [2.45, 2.75) is 18.8 Å². The predicted octanol–water partition coefficient (Wildman–Crippen LogP) is 1.82. The highest BCUT2D eigenvalue weighted by atomic mass is 16.1. The Hall–Kier alpha value is -2.03. The topological polar surface area (TPSA) is 69.1 Å². The fourth-order valence-electron chi connectivity index (χ4n) is 2.08. The minimum atomic E-state index is -0.753. The van der Waals surface area contributed by atoms with Crippen LogP contribution in [0.4, 0.5) is 5.69 Å². The summed E-state index contributed by atoms with van der Waals surface area (Å²) in [5, 5.41) is 0. The van der Waals surface area contributed by atoms with Gasteiger partial charge in [-0.15, -0.1) is 0 Å². The highest BCUT2D eigenvalue weighted by Crippen LogP contribution is 2.34. The van der Waals surface area contributed by atoms with E-state index in [9.17, 15) is 4.79 Å². The first-order valence-electron chi connectivity index (χ1n) is 5.57. The molecular weight excluding hydrogens is 212 g/mol. The van der Waals surface area contributed by atoms with Gasteiger partial charge in [-0.2, -0.15) is 0 Å². The second-order valence-corrected chi connectivity index (χ2v) is 4.40. The maximum absolute atomic E-state index is 11.8. The Kier molecular flexibility index (Phi) is 2.76. The van der Waals surface area contributed by atoms with E-state index in [4.69, 9.17) is 11.5 Å². The molecule has 1 aromatic carbocycles. The number of carbonyl (C=O) groups is 1. The molecule has 0 heterocycles. The van der Waals surface area contributed by atoms with E-state index in [0.29, 0.717) is 12.1 Å². The van der Waals surface area contributed by atoms with Crippen LogP contribution in [0.5, 0.6) is 0 Å². The lowest BCUT2D eigenvalue weighted by Gasteiger charge is -2.28. The number of anilines is 1. The summed E-state index contributed by atoms with van der Waals surface area (Å²) in [4.78, 5) is 11.8. The van der Waals surface area contributed by atoms with Gasteiger partial charge in [0.05, 0.1) is 5.41 Å². The highest BCUT2D eigenvalue weighted by Gasteiger charge is 2.35. The molecule has 3 heteroatoms. The van der Waals surface area contributed by atoms with Crippen LogP contribution in [0.3, 0.4) is 0 Å². The zero-order valence-corrected chi connectivity index (χ0v) is 9.81. The normalized spacial score (nSPS) is 22.6. The zero-order valence-electron chi connectivity index (χ0n) is 9.81. The number of amides is 1. The number of hydrogen-bond donors (Lipinski definition) is 2. The van der Waals surface area contributed by atoms with Crippen molar-refractivity contribution in [2.24, 2.45) is 5.73 Å². The first-order chi connectivity index (χ1) is 8.06. The molecule has 0 aromatic heterocycles. The lowest BCUT2D eigenvalue weighted by Crippen LogP contribution is -2.39. The summed E-state index contributed by atoms with van der Waals surface area (Å²) in [6.45, 7) is 1.94. The molecule has 0 radical (unpaired) electrons. The Morgan fingerprint density at radius 2 is 2.12 bits per heavy atom. The van der Waals surface area contributed by atoms with Crippen LogP contribution in [0.25, 0.3) is 0 Å². The number of nitrogens with two attached hydrogens (primary N) is 2. The number of aryl methyl sites for hydroxylation is 1. The first-order valence-corrected chi connectivity index (χ1v) is 5.57. The maximum Gasteiger partial charge on any atom is 0.232 e. The van der Waals surface area contributed by atoms with Crippen LogP contribution in [-0.2, 0) is 10.2 Å². The summed E-state index contributed by atoms with van der Waals surface area (Å²) in [5.74, 6) is -0.346. The molecule has 0 saturated carbocycles. The molecule has 4 N–H and O–H groups in total. The summed E-state index contributed by atoms with van der Waals surface area (Å²) in [7, 11) is 0. The number of nitrogen functional groups attached to an aromatic ring is 1. The van der Waals surface area contributed by atoms with Gasteiger partial charge < -0.3 is 11.5 Å². The smallest absolute Gasteiger partial charge is 0.232 e. The second kappa shape index (κ2) is 4.09. The van der Waals surface area contributed by atoms with Crippen LogP contribution in [0, 0.1) is 6.92 Å². The van der Waals surface area contributed by atoms with Gasteiger partial charge in [0.2, 0.25) is 5.91 Å². The summed E-state index contributed by atoms with van der Waals surface area (Å²) in [5.41, 5.74) is 13.2. The molecule has 0 bridgehead atoms. The Morgan fingerprint density at radius 1 is 1.35 bits per heavy atom. The van der Waals surface area contributed by atoms with E-state index >= 15 is 0 Å². The maximum atomic E-state index is 11.8. The van der Waals surface area contributed by atoms with Crippen LogP contribution in [0.1, 0.15) is 17.5 Å². The number of allylic oxidation sites excluding steroid dienone is 3. The molecule has 0 aliphatic heterocycles. The molecule has 88 valence electrons. The fourth-order valence-corrected chi connectivity index (χ4v) is 2.08. The van der Waals surface area contributed by atoms with Gasteiger partial charge in [0.1, 0.15) is 0 Å². The lowest BCUT2D eigenvalue weighted by molar-refractivity contribution is -0.121. The molecule has 1 atom stereocenters. The second-order valence-electron chi connectivity index (χ2n) is 4.40. The molecule has 2 rings (SSSR count). The molecule has 0 spiro atoms. The Bertz CT molecular complexity index is 517. The van der Waals surface area contributed by atoms with Gasteiger partial charge in [-0.05, 0) is 30.5 Å². The van der Waals surface area contributed by atoms with E-state index in [1.807, 2.05) is 49.4 Å². The predicted molar refractivity (Wildman–Crippen MR) is 69.4 cm³/mol. The summed E-state index contributed by atoms with van der Waals surface area (Å²) in [6, 6.07) is 5.67. The third kappa shape index (κ3) is 1.84. The molecule has 1 aromatic rings. The van der Waals surface area contributed by atoms with Crippen LogP contribution in [0.2, 0.25) is 0 Å². The largest absolute Gasteiger partial charge is 0.399 e. The van der Waals surface area contributed by atoms with E-state index in [1.54, 1.807) is 0 Å². The van der Waals surface area contributed by atoms with Gasteiger partial charge in [-0.25, -0.2) is 0 Å². The zero-order chi connectivity index (χ0) is 12.5. The minimum absolute atomic E-state index is 0.346. The van der Waals surface area contributed by atoms with Crippen molar-refractivity contribution in [3.63, 3.8) is 0 Å². The van der Waals surface area contributed by atoms with Gasteiger partial charge in [0, 0.05) is 5.69 Å². The van der Waals surface area contributed by atoms with Crippen molar-refractivity contribution in [3.8, 4) is 0 Å². The third-order valence-corrected chi connectivity index (χ3v) is 3.30. The van der Waals surface area contributed by atoms with Gasteiger partial charge in [-0.1, -0.05) is 36.4 Å². The Balaban J connectivity index is 2.54. The molecule has 0 fully saturated rings. The van der Waals surface area contributed by atoms with Crippen molar-refractivity contribution in [1.82, 2.24) is 0 Å². The third-order valence-electron chi connectivity index (χ3n) is 3.30.